The lowest BCUT2D eigenvalue weighted by Gasteiger charge is -2.29. The highest BCUT2D eigenvalue weighted by molar-refractivity contribution is 6.02. The first-order valence-corrected chi connectivity index (χ1v) is 9.93. The molecule has 0 radical (unpaired) electrons. The van der Waals surface area contributed by atoms with Crippen molar-refractivity contribution in [2.24, 2.45) is 0 Å². The maximum absolute atomic E-state index is 9.38. The van der Waals surface area contributed by atoms with Crippen molar-refractivity contribution in [2.75, 3.05) is 6.61 Å². The molecule has 0 aliphatic carbocycles. The summed E-state index contributed by atoms with van der Waals surface area (Å²) in [4.78, 5) is 9.45. The lowest BCUT2D eigenvalue weighted by Crippen LogP contribution is -2.76. The number of hydrogen-bond acceptors (Lipinski definition) is 5. The van der Waals surface area contributed by atoms with Crippen molar-refractivity contribution in [1.29, 1.82) is 10.7 Å². The van der Waals surface area contributed by atoms with Crippen LogP contribution in [0.25, 0.3) is 21.9 Å². The molecule has 0 saturated carbocycles. The molecule has 3 heterocycles. The number of benzene rings is 1. The summed E-state index contributed by atoms with van der Waals surface area (Å²) in [5.74, 6) is 0.975. The van der Waals surface area contributed by atoms with Gasteiger partial charge in [-0.05, 0) is 44.9 Å². The van der Waals surface area contributed by atoms with Gasteiger partial charge in [-0.1, -0.05) is 0 Å². The molecule has 1 saturated heterocycles. The molecule has 2 aromatic heterocycles. The van der Waals surface area contributed by atoms with Gasteiger partial charge in [0.1, 0.15) is 12.1 Å². The molecule has 148 valence electrons. The molecule has 0 spiro atoms. The van der Waals surface area contributed by atoms with Gasteiger partial charge in [-0.15, -0.1) is 0 Å². The molecule has 4 rings (SSSR count). The van der Waals surface area contributed by atoms with Gasteiger partial charge in [0, 0.05) is 29.8 Å². The zero-order valence-corrected chi connectivity index (χ0v) is 16.7. The molecule has 7 heteroatoms. The smallest absolute Gasteiger partial charge is 0.166 e. The highest BCUT2D eigenvalue weighted by atomic mass is 16.5. The summed E-state index contributed by atoms with van der Waals surface area (Å²) in [7, 11) is 0. The van der Waals surface area contributed by atoms with Crippen molar-refractivity contribution in [3.8, 4) is 6.07 Å². The number of rotatable bonds is 5. The predicted octanol–water partition coefficient (Wildman–Crippen LogP) is 2.81. The minimum absolute atomic E-state index is 0.200. The molecular weight excluding hydrogens is 364 g/mol. The van der Waals surface area contributed by atoms with Gasteiger partial charge in [-0.25, -0.2) is 4.98 Å². The molecular formula is C22H25N6O+. The average molecular weight is 389 g/mol. The van der Waals surface area contributed by atoms with E-state index < -0.39 is 0 Å². The van der Waals surface area contributed by atoms with Crippen LogP contribution in [-0.4, -0.2) is 33.0 Å². The number of fused-ring (bicyclic) bond motifs is 3. The minimum atomic E-state index is 0.200. The molecule has 1 aromatic carbocycles. The van der Waals surface area contributed by atoms with E-state index in [0.29, 0.717) is 17.8 Å². The Morgan fingerprint density at radius 3 is 3.07 bits per heavy atom. The summed E-state index contributed by atoms with van der Waals surface area (Å²) in [5, 5.41) is 19.9. The zero-order valence-electron chi connectivity index (χ0n) is 16.7. The Morgan fingerprint density at radius 1 is 1.45 bits per heavy atom. The summed E-state index contributed by atoms with van der Waals surface area (Å²) >= 11 is 0. The molecule has 7 nitrogen and oxygen atoms in total. The van der Waals surface area contributed by atoms with Crippen LogP contribution in [0.5, 0.6) is 0 Å². The highest BCUT2D eigenvalue weighted by Gasteiger charge is 2.26. The van der Waals surface area contributed by atoms with Crippen LogP contribution in [0.15, 0.2) is 36.7 Å². The van der Waals surface area contributed by atoms with Crippen LogP contribution in [-0.2, 0) is 11.3 Å². The highest BCUT2D eigenvalue weighted by Crippen LogP contribution is 2.33. The van der Waals surface area contributed by atoms with Crippen molar-refractivity contribution in [2.45, 2.75) is 45.4 Å². The Balaban J connectivity index is 1.87. The number of quaternary nitrogens is 1. The van der Waals surface area contributed by atoms with Crippen LogP contribution in [0.4, 0.5) is 0 Å². The Morgan fingerprint density at radius 2 is 2.31 bits per heavy atom. The van der Waals surface area contributed by atoms with E-state index in [1.54, 1.807) is 19.1 Å². The fourth-order valence-electron chi connectivity index (χ4n) is 4.03. The van der Waals surface area contributed by atoms with Crippen LogP contribution in [0.1, 0.15) is 44.1 Å². The first kappa shape index (κ1) is 19.2. The standard InChI is InChI=1S/C22H24N6O/c1-14(24)5-7-25-13-21-27-20-12-26-19-4-3-16(11-23)10-18(19)22(20)28(21)17-6-8-29-15(2)9-17/h3-5,7,10,12,15,17,24-25H,6,8-9,13H2,1-2H3/p+1/b7-5-,24-14?/t15-,17?/m1/s1. The number of nitriles is 1. The molecule has 3 N–H and O–H groups in total. The molecule has 2 atom stereocenters. The van der Waals surface area contributed by atoms with Gasteiger partial charge in [0.25, 0.3) is 0 Å². The summed E-state index contributed by atoms with van der Waals surface area (Å²) in [6.45, 7) is 5.27. The van der Waals surface area contributed by atoms with Crippen LogP contribution in [0.2, 0.25) is 0 Å². The van der Waals surface area contributed by atoms with Crippen LogP contribution >= 0.6 is 0 Å². The maximum atomic E-state index is 9.38. The van der Waals surface area contributed by atoms with E-state index in [1.807, 2.05) is 29.8 Å². The third-order valence-corrected chi connectivity index (χ3v) is 5.32. The monoisotopic (exact) mass is 389 g/mol. The predicted molar refractivity (Wildman–Crippen MR) is 112 cm³/mol. The molecule has 1 fully saturated rings. The second-order valence-corrected chi connectivity index (χ2v) is 7.58. The Labute approximate surface area is 169 Å². The third-order valence-electron chi connectivity index (χ3n) is 5.32. The summed E-state index contributed by atoms with van der Waals surface area (Å²) in [6.07, 6.45) is 7.56. The van der Waals surface area contributed by atoms with Gasteiger partial charge in [0.2, 0.25) is 0 Å². The number of nitrogens with one attached hydrogen (secondary N) is 1. The molecule has 1 aliphatic heterocycles. The molecule has 3 aromatic rings. The third kappa shape index (κ3) is 3.90. The molecule has 1 unspecified atom stereocenters. The number of pyridine rings is 1. The van der Waals surface area contributed by atoms with Crippen molar-refractivity contribution < 1.29 is 10.1 Å². The lowest BCUT2D eigenvalue weighted by molar-refractivity contribution is -0.606. The van der Waals surface area contributed by atoms with Crippen molar-refractivity contribution in [3.63, 3.8) is 0 Å². The number of nitrogens with zero attached hydrogens (tertiary/aromatic N) is 4. The van der Waals surface area contributed by atoms with Crippen molar-refractivity contribution >= 4 is 27.6 Å². The van der Waals surface area contributed by atoms with Gasteiger partial charge in [-0.2, -0.15) is 5.26 Å². The first-order chi connectivity index (χ1) is 14.1. The molecule has 29 heavy (non-hydrogen) atoms. The van der Waals surface area contributed by atoms with E-state index in [1.165, 1.54) is 0 Å². The van der Waals surface area contributed by atoms with Crippen molar-refractivity contribution in [1.82, 2.24) is 14.5 Å². The van der Waals surface area contributed by atoms with E-state index in [9.17, 15) is 5.26 Å². The topological polar surface area (TPSA) is 104 Å². The molecule has 0 amide bonds. The number of nitrogens with two attached hydrogens (primary N) is 1. The normalized spacial score (nSPS) is 19.8. The number of hydrogen-bond donors (Lipinski definition) is 2. The first-order valence-electron chi connectivity index (χ1n) is 9.93. The fourth-order valence-corrected chi connectivity index (χ4v) is 4.03. The van der Waals surface area contributed by atoms with Gasteiger partial charge in [0.15, 0.2) is 5.82 Å². The van der Waals surface area contributed by atoms with Gasteiger partial charge < -0.3 is 20.0 Å². The van der Waals surface area contributed by atoms with Crippen LogP contribution < -0.4 is 5.32 Å². The van der Waals surface area contributed by atoms with E-state index in [0.717, 1.165) is 47.2 Å². The second-order valence-electron chi connectivity index (χ2n) is 7.58. The van der Waals surface area contributed by atoms with Crippen LogP contribution in [0, 0.1) is 16.7 Å². The second kappa shape index (κ2) is 8.11. The number of allylic oxidation sites excluding steroid dienone is 1. The van der Waals surface area contributed by atoms with Gasteiger partial charge in [-0.3, -0.25) is 4.98 Å². The van der Waals surface area contributed by atoms with Crippen molar-refractivity contribution in [3.05, 3.63) is 48.1 Å². The molecule has 1 aliphatic rings. The quantitative estimate of drug-likeness (QED) is 0.655. The lowest BCUT2D eigenvalue weighted by atomic mass is 10.0. The number of aromatic nitrogens is 3. The Kier molecular flexibility index (Phi) is 5.38. The van der Waals surface area contributed by atoms with E-state index in [2.05, 4.69) is 22.5 Å². The molecule has 0 bridgehead atoms. The van der Waals surface area contributed by atoms with Gasteiger partial charge >= 0.3 is 0 Å². The van der Waals surface area contributed by atoms with Gasteiger partial charge in [0.05, 0.1) is 41.2 Å². The Hall–Kier alpha value is -3.08. The maximum Gasteiger partial charge on any atom is 0.166 e. The summed E-state index contributed by atoms with van der Waals surface area (Å²) < 4.78 is 8.11. The number of ether oxygens (including phenoxy) is 1. The summed E-state index contributed by atoms with van der Waals surface area (Å²) in [5.41, 5.74) is 3.90. The number of imidazole rings is 1. The van der Waals surface area contributed by atoms with E-state index in [-0.39, 0.29) is 12.1 Å². The van der Waals surface area contributed by atoms with E-state index >= 15 is 0 Å². The fraction of sp³-hybridized carbons (Fsp3) is 0.364. The summed E-state index contributed by atoms with van der Waals surface area (Å²) in [6, 6.07) is 8.14. The Bertz CT molecular complexity index is 1140. The SMILES string of the molecule is CC(=N)/C=C\[NH2+]Cc1nc2cnc3ccc(C#N)cc3c2n1C1CCO[C@H](C)C1. The van der Waals surface area contributed by atoms with E-state index in [4.69, 9.17) is 15.1 Å². The zero-order chi connectivity index (χ0) is 20.4. The minimum Gasteiger partial charge on any atom is -0.378 e. The largest absolute Gasteiger partial charge is 0.378 e. The van der Waals surface area contributed by atoms with Crippen LogP contribution in [0.3, 0.4) is 0 Å². The average Bonchev–Trinajstić information content (AvgIpc) is 3.09.